The molecule has 90 valence electrons. The van der Waals surface area contributed by atoms with Gasteiger partial charge in [-0.2, -0.15) is 5.10 Å². The molecule has 0 spiro atoms. The molecule has 0 unspecified atom stereocenters. The molecule has 0 radical (unpaired) electrons. The van der Waals surface area contributed by atoms with Crippen molar-refractivity contribution >= 4 is 21.7 Å². The van der Waals surface area contributed by atoms with E-state index in [-0.39, 0.29) is 0 Å². The number of ether oxygens (including phenoxy) is 1. The minimum Gasteiger partial charge on any atom is -0.471 e. The Balaban J connectivity index is 2.10. The molecule has 5 heteroatoms. The summed E-state index contributed by atoms with van der Waals surface area (Å²) in [6.07, 6.45) is 0. The summed E-state index contributed by atoms with van der Waals surface area (Å²) in [5, 5.41) is 4.13. The van der Waals surface area contributed by atoms with Gasteiger partial charge in [-0.05, 0) is 37.6 Å². The second kappa shape index (κ2) is 4.79. The zero-order valence-corrected chi connectivity index (χ0v) is 11.4. The van der Waals surface area contributed by atoms with Crippen LogP contribution in [0.25, 0.3) is 0 Å². The minimum atomic E-state index is 0.367. The molecule has 4 nitrogen and oxygen atoms in total. The van der Waals surface area contributed by atoms with Gasteiger partial charge in [0.25, 0.3) is 0 Å². The normalized spacial score (nSPS) is 10.5. The number of hydrogen-bond acceptors (Lipinski definition) is 3. The Hall–Kier alpha value is -1.49. The summed E-state index contributed by atoms with van der Waals surface area (Å²) >= 11 is 3.42. The number of rotatable bonds is 3. The molecule has 2 N–H and O–H groups in total. The highest BCUT2D eigenvalue weighted by Gasteiger charge is 2.04. The molecule has 0 aliphatic carbocycles. The van der Waals surface area contributed by atoms with E-state index in [0.29, 0.717) is 12.5 Å². The van der Waals surface area contributed by atoms with E-state index in [0.717, 1.165) is 21.5 Å². The second-order valence-electron chi connectivity index (χ2n) is 3.89. The highest BCUT2D eigenvalue weighted by Crippen LogP contribution is 2.22. The van der Waals surface area contributed by atoms with Crippen LogP contribution in [0.3, 0.4) is 0 Å². The first-order valence-electron chi connectivity index (χ1n) is 5.25. The lowest BCUT2D eigenvalue weighted by Crippen LogP contribution is -2.09. The molecule has 17 heavy (non-hydrogen) atoms. The largest absolute Gasteiger partial charge is 0.471 e. The molecule has 0 aliphatic rings. The molecule has 0 bridgehead atoms. The van der Waals surface area contributed by atoms with E-state index >= 15 is 0 Å². The SMILES string of the molecule is Cc1cc(Br)ccc1OCn1nc(N)cc1C. The van der Waals surface area contributed by atoms with E-state index in [4.69, 9.17) is 10.5 Å². The van der Waals surface area contributed by atoms with Crippen LogP contribution in [0.1, 0.15) is 11.3 Å². The maximum Gasteiger partial charge on any atom is 0.181 e. The zero-order valence-electron chi connectivity index (χ0n) is 9.77. The molecule has 1 aromatic carbocycles. The van der Waals surface area contributed by atoms with Gasteiger partial charge in [-0.1, -0.05) is 15.9 Å². The number of aryl methyl sites for hydroxylation is 2. The van der Waals surface area contributed by atoms with Crippen LogP contribution < -0.4 is 10.5 Å². The van der Waals surface area contributed by atoms with Gasteiger partial charge in [0.05, 0.1) is 0 Å². The van der Waals surface area contributed by atoms with Gasteiger partial charge < -0.3 is 10.5 Å². The molecule has 2 aromatic rings. The van der Waals surface area contributed by atoms with E-state index in [2.05, 4.69) is 21.0 Å². The quantitative estimate of drug-likeness (QED) is 0.947. The van der Waals surface area contributed by atoms with Crippen LogP contribution in [0.4, 0.5) is 5.82 Å². The number of halogens is 1. The highest BCUT2D eigenvalue weighted by atomic mass is 79.9. The molecule has 1 heterocycles. The van der Waals surface area contributed by atoms with E-state index in [1.807, 2.05) is 38.1 Å². The Bertz CT molecular complexity index is 537. The van der Waals surface area contributed by atoms with Crippen molar-refractivity contribution in [3.05, 3.63) is 40.0 Å². The molecule has 2 rings (SSSR count). The Morgan fingerprint density at radius 1 is 1.35 bits per heavy atom. The van der Waals surface area contributed by atoms with Crippen molar-refractivity contribution < 1.29 is 4.74 Å². The van der Waals surface area contributed by atoms with E-state index in [1.54, 1.807) is 4.68 Å². The molecule has 1 aromatic heterocycles. The molecule has 0 aliphatic heterocycles. The molecule has 0 amide bonds. The first kappa shape index (κ1) is 12.0. The Morgan fingerprint density at radius 3 is 2.71 bits per heavy atom. The Kier molecular flexibility index (Phi) is 3.38. The van der Waals surface area contributed by atoms with Gasteiger partial charge in [-0.3, -0.25) is 0 Å². The third-order valence-electron chi connectivity index (χ3n) is 2.48. The fourth-order valence-corrected chi connectivity index (χ4v) is 2.05. The lowest BCUT2D eigenvalue weighted by atomic mass is 10.2. The van der Waals surface area contributed by atoms with Crippen LogP contribution in [0.5, 0.6) is 5.75 Å². The topological polar surface area (TPSA) is 53.1 Å². The molecular formula is C12H14BrN3O. The van der Waals surface area contributed by atoms with Crippen LogP contribution in [0.15, 0.2) is 28.7 Å². The summed E-state index contributed by atoms with van der Waals surface area (Å²) in [5.41, 5.74) is 7.67. The fourth-order valence-electron chi connectivity index (χ4n) is 1.57. The van der Waals surface area contributed by atoms with Gasteiger partial charge >= 0.3 is 0 Å². The summed E-state index contributed by atoms with van der Waals surface area (Å²) in [5.74, 6) is 1.36. The van der Waals surface area contributed by atoms with E-state index < -0.39 is 0 Å². The van der Waals surface area contributed by atoms with Crippen molar-refractivity contribution in [3.8, 4) is 5.75 Å². The standard InChI is InChI=1S/C12H14BrN3O/c1-8-5-10(13)3-4-11(8)17-7-16-9(2)6-12(14)15-16/h3-6H,7H2,1-2H3,(H2,14,15). The van der Waals surface area contributed by atoms with E-state index in [9.17, 15) is 0 Å². The number of nitrogen functional groups attached to an aromatic ring is 1. The first-order valence-corrected chi connectivity index (χ1v) is 6.04. The van der Waals surface area contributed by atoms with Gasteiger partial charge in [0, 0.05) is 16.2 Å². The van der Waals surface area contributed by atoms with Crippen LogP contribution in [0, 0.1) is 13.8 Å². The lowest BCUT2D eigenvalue weighted by Gasteiger charge is -2.10. The van der Waals surface area contributed by atoms with Crippen molar-refractivity contribution in [2.24, 2.45) is 0 Å². The number of nitrogens with two attached hydrogens (primary N) is 1. The third kappa shape index (κ3) is 2.79. The predicted octanol–water partition coefficient (Wildman–Crippen LogP) is 2.88. The van der Waals surface area contributed by atoms with Crippen LogP contribution >= 0.6 is 15.9 Å². The Morgan fingerprint density at radius 2 is 2.12 bits per heavy atom. The Labute approximate surface area is 109 Å². The average Bonchev–Trinajstić information content (AvgIpc) is 2.56. The zero-order chi connectivity index (χ0) is 12.4. The van der Waals surface area contributed by atoms with E-state index in [1.165, 1.54) is 0 Å². The van der Waals surface area contributed by atoms with Crippen LogP contribution in [0.2, 0.25) is 0 Å². The predicted molar refractivity (Wildman–Crippen MR) is 70.9 cm³/mol. The molecule has 0 saturated carbocycles. The van der Waals surface area contributed by atoms with Gasteiger partial charge in [-0.25, -0.2) is 4.68 Å². The second-order valence-corrected chi connectivity index (χ2v) is 4.81. The lowest BCUT2D eigenvalue weighted by molar-refractivity contribution is 0.217. The molecule has 0 atom stereocenters. The van der Waals surface area contributed by atoms with Gasteiger partial charge in [0.15, 0.2) is 6.73 Å². The summed E-state index contributed by atoms with van der Waals surface area (Å²) < 4.78 is 8.47. The summed E-state index contributed by atoms with van der Waals surface area (Å²) in [6.45, 7) is 4.32. The summed E-state index contributed by atoms with van der Waals surface area (Å²) in [4.78, 5) is 0. The maximum atomic E-state index is 5.70. The van der Waals surface area contributed by atoms with Crippen molar-refractivity contribution in [1.82, 2.24) is 9.78 Å². The van der Waals surface area contributed by atoms with Crippen LogP contribution in [-0.4, -0.2) is 9.78 Å². The van der Waals surface area contributed by atoms with Crippen LogP contribution in [-0.2, 0) is 6.73 Å². The van der Waals surface area contributed by atoms with Gasteiger partial charge in [-0.15, -0.1) is 0 Å². The number of anilines is 1. The van der Waals surface area contributed by atoms with Crippen molar-refractivity contribution in [2.75, 3.05) is 5.73 Å². The smallest absolute Gasteiger partial charge is 0.181 e. The number of benzene rings is 1. The first-order chi connectivity index (χ1) is 8.06. The third-order valence-corrected chi connectivity index (χ3v) is 2.97. The highest BCUT2D eigenvalue weighted by molar-refractivity contribution is 9.10. The number of nitrogens with zero attached hydrogens (tertiary/aromatic N) is 2. The molecular weight excluding hydrogens is 282 g/mol. The maximum absolute atomic E-state index is 5.70. The molecule has 0 saturated heterocycles. The fraction of sp³-hybridized carbons (Fsp3) is 0.250. The number of hydrogen-bond donors (Lipinski definition) is 1. The minimum absolute atomic E-state index is 0.367. The summed E-state index contributed by atoms with van der Waals surface area (Å²) in [6, 6.07) is 7.71. The number of aromatic nitrogens is 2. The average molecular weight is 296 g/mol. The van der Waals surface area contributed by atoms with Crippen molar-refractivity contribution in [3.63, 3.8) is 0 Å². The van der Waals surface area contributed by atoms with Crippen molar-refractivity contribution in [2.45, 2.75) is 20.6 Å². The van der Waals surface area contributed by atoms with Gasteiger partial charge in [0.1, 0.15) is 11.6 Å². The molecule has 0 fully saturated rings. The van der Waals surface area contributed by atoms with Crippen molar-refractivity contribution in [1.29, 1.82) is 0 Å². The van der Waals surface area contributed by atoms with Gasteiger partial charge in [0.2, 0.25) is 0 Å². The monoisotopic (exact) mass is 295 g/mol. The summed E-state index contributed by atoms with van der Waals surface area (Å²) in [7, 11) is 0.